The summed E-state index contributed by atoms with van der Waals surface area (Å²) >= 11 is 0. The van der Waals surface area contributed by atoms with Crippen molar-refractivity contribution in [3.05, 3.63) is 48.4 Å². The Kier molecular flexibility index (Phi) is 3.27. The Morgan fingerprint density at radius 1 is 1.12 bits per heavy atom. The molecule has 2 aromatic rings. The van der Waals surface area contributed by atoms with Gasteiger partial charge in [0.1, 0.15) is 11.5 Å². The minimum Gasteiger partial charge on any atom is -0.432 e. The van der Waals surface area contributed by atoms with Gasteiger partial charge in [0.15, 0.2) is 5.75 Å². The second-order valence-corrected chi connectivity index (χ2v) is 3.24. The molecule has 17 heavy (non-hydrogen) atoms. The summed E-state index contributed by atoms with van der Waals surface area (Å²) in [4.78, 5) is 3.92. The third-order valence-corrected chi connectivity index (χ3v) is 2.08. The monoisotopic (exact) mass is 239 g/mol. The highest BCUT2D eigenvalue weighted by Crippen LogP contribution is 2.28. The molecule has 0 bridgehead atoms. The van der Waals surface area contributed by atoms with Gasteiger partial charge >= 0.3 is 6.61 Å². The normalized spacial score (nSPS) is 10.6. The summed E-state index contributed by atoms with van der Waals surface area (Å²) in [7, 11) is 0. The number of aromatic nitrogens is 1. The first kappa shape index (κ1) is 11.4. The van der Waals surface area contributed by atoms with E-state index >= 15 is 0 Å². The average Bonchev–Trinajstić information content (AvgIpc) is 2.29. The fraction of sp³-hybridized carbons (Fsp3) is 0.0833. The number of alkyl halides is 2. The lowest BCUT2D eigenvalue weighted by Gasteiger charge is -2.09. The van der Waals surface area contributed by atoms with Crippen molar-refractivity contribution in [3.8, 4) is 17.0 Å². The first-order valence-corrected chi connectivity index (χ1v) is 4.82. The topological polar surface area (TPSA) is 22.1 Å². The molecule has 2 nitrogen and oxygen atoms in total. The van der Waals surface area contributed by atoms with Crippen LogP contribution in [-0.4, -0.2) is 11.6 Å². The smallest absolute Gasteiger partial charge is 0.387 e. The molecule has 0 saturated heterocycles. The number of hydrogen-bond acceptors (Lipinski definition) is 2. The van der Waals surface area contributed by atoms with Crippen LogP contribution in [0.2, 0.25) is 0 Å². The Morgan fingerprint density at radius 3 is 2.65 bits per heavy atom. The largest absolute Gasteiger partial charge is 0.432 e. The summed E-state index contributed by atoms with van der Waals surface area (Å²) < 4.78 is 41.7. The van der Waals surface area contributed by atoms with Crippen LogP contribution in [0.1, 0.15) is 0 Å². The van der Waals surface area contributed by atoms with Gasteiger partial charge in [-0.25, -0.2) is 4.39 Å². The maximum atomic E-state index is 13.0. The molecular weight excluding hydrogens is 231 g/mol. The minimum absolute atomic E-state index is 0.0758. The van der Waals surface area contributed by atoms with Gasteiger partial charge in [0.25, 0.3) is 0 Å². The lowest BCUT2D eigenvalue weighted by atomic mass is 10.1. The van der Waals surface area contributed by atoms with Crippen LogP contribution in [0.25, 0.3) is 11.3 Å². The maximum absolute atomic E-state index is 13.0. The minimum atomic E-state index is -2.94. The van der Waals surface area contributed by atoms with E-state index in [0.717, 1.165) is 0 Å². The highest BCUT2D eigenvalue weighted by molar-refractivity contribution is 5.65. The zero-order chi connectivity index (χ0) is 12.3. The van der Waals surface area contributed by atoms with Crippen LogP contribution >= 0.6 is 0 Å². The second kappa shape index (κ2) is 4.86. The number of hydrogen-bond donors (Lipinski definition) is 0. The van der Waals surface area contributed by atoms with Crippen molar-refractivity contribution in [1.29, 1.82) is 0 Å². The Morgan fingerprint density at radius 2 is 1.94 bits per heavy atom. The van der Waals surface area contributed by atoms with E-state index in [-0.39, 0.29) is 11.4 Å². The van der Waals surface area contributed by atoms with Gasteiger partial charge in [-0.2, -0.15) is 8.78 Å². The molecule has 0 N–H and O–H groups in total. The molecule has 2 rings (SSSR count). The van der Waals surface area contributed by atoms with E-state index in [1.54, 1.807) is 6.07 Å². The molecule has 0 spiro atoms. The van der Waals surface area contributed by atoms with Crippen molar-refractivity contribution in [2.75, 3.05) is 0 Å². The van der Waals surface area contributed by atoms with Gasteiger partial charge in [-0.1, -0.05) is 12.1 Å². The van der Waals surface area contributed by atoms with E-state index in [1.807, 2.05) is 0 Å². The first-order chi connectivity index (χ1) is 8.16. The lowest BCUT2D eigenvalue weighted by Crippen LogP contribution is -2.03. The van der Waals surface area contributed by atoms with Crippen molar-refractivity contribution >= 4 is 0 Å². The Labute approximate surface area is 95.7 Å². The van der Waals surface area contributed by atoms with Crippen molar-refractivity contribution in [2.24, 2.45) is 0 Å². The molecular formula is C12H8F3NO. The summed E-state index contributed by atoms with van der Waals surface area (Å²) in [6.45, 7) is -2.94. The van der Waals surface area contributed by atoms with Crippen LogP contribution < -0.4 is 4.74 Å². The van der Waals surface area contributed by atoms with Crippen LogP contribution in [0, 0.1) is 5.82 Å². The van der Waals surface area contributed by atoms with Crippen molar-refractivity contribution in [2.45, 2.75) is 6.61 Å². The standard InChI is InChI=1S/C12H8F3NO/c13-9-4-1-3-8(7-9)11-10(17-12(14)15)5-2-6-16-11/h1-7,12H. The molecule has 0 unspecified atom stereocenters. The Balaban J connectivity index is 2.44. The van der Waals surface area contributed by atoms with Gasteiger partial charge in [-0.3, -0.25) is 4.98 Å². The summed E-state index contributed by atoms with van der Waals surface area (Å²) in [6, 6.07) is 8.36. The van der Waals surface area contributed by atoms with E-state index in [9.17, 15) is 13.2 Å². The lowest BCUT2D eigenvalue weighted by molar-refractivity contribution is -0.0496. The third kappa shape index (κ3) is 2.75. The molecule has 1 aromatic carbocycles. The molecule has 0 aliphatic rings. The Hall–Kier alpha value is -2.04. The first-order valence-electron chi connectivity index (χ1n) is 4.82. The van der Waals surface area contributed by atoms with Crippen LogP contribution in [0.5, 0.6) is 5.75 Å². The van der Waals surface area contributed by atoms with Crippen LogP contribution in [-0.2, 0) is 0 Å². The molecule has 0 aliphatic carbocycles. The molecule has 88 valence electrons. The number of pyridine rings is 1. The number of nitrogens with zero attached hydrogens (tertiary/aromatic N) is 1. The molecule has 1 heterocycles. The highest BCUT2D eigenvalue weighted by Gasteiger charge is 2.12. The number of halogens is 3. The van der Waals surface area contributed by atoms with Crippen LogP contribution in [0.15, 0.2) is 42.6 Å². The van der Waals surface area contributed by atoms with Crippen LogP contribution in [0.3, 0.4) is 0 Å². The van der Waals surface area contributed by atoms with E-state index in [4.69, 9.17) is 0 Å². The summed E-state index contributed by atoms with van der Waals surface area (Å²) in [6.07, 6.45) is 1.43. The van der Waals surface area contributed by atoms with E-state index in [0.29, 0.717) is 5.56 Å². The summed E-state index contributed by atoms with van der Waals surface area (Å²) in [5.41, 5.74) is 0.577. The van der Waals surface area contributed by atoms with Crippen molar-refractivity contribution in [3.63, 3.8) is 0 Å². The molecule has 0 fully saturated rings. The van der Waals surface area contributed by atoms with Gasteiger partial charge in [-0.05, 0) is 24.3 Å². The van der Waals surface area contributed by atoms with Crippen LogP contribution in [0.4, 0.5) is 13.2 Å². The van der Waals surface area contributed by atoms with Gasteiger partial charge in [0, 0.05) is 11.8 Å². The molecule has 1 aromatic heterocycles. The maximum Gasteiger partial charge on any atom is 0.387 e. The Bertz CT molecular complexity index is 517. The highest BCUT2D eigenvalue weighted by atomic mass is 19.3. The number of benzene rings is 1. The SMILES string of the molecule is Fc1cccc(-c2ncccc2OC(F)F)c1. The predicted octanol–water partition coefficient (Wildman–Crippen LogP) is 3.49. The molecule has 5 heteroatoms. The second-order valence-electron chi connectivity index (χ2n) is 3.24. The van der Waals surface area contributed by atoms with Crippen molar-refractivity contribution in [1.82, 2.24) is 4.98 Å². The van der Waals surface area contributed by atoms with Crippen molar-refractivity contribution < 1.29 is 17.9 Å². The number of rotatable bonds is 3. The quantitative estimate of drug-likeness (QED) is 0.817. The molecule has 0 atom stereocenters. The fourth-order valence-electron chi connectivity index (χ4n) is 1.43. The molecule has 0 radical (unpaired) electrons. The van der Waals surface area contributed by atoms with E-state index in [1.165, 1.54) is 36.5 Å². The van der Waals surface area contributed by atoms with Gasteiger partial charge in [0.05, 0.1) is 0 Å². The summed E-state index contributed by atoms with van der Waals surface area (Å²) in [5, 5.41) is 0. The van der Waals surface area contributed by atoms with Gasteiger partial charge in [0.2, 0.25) is 0 Å². The van der Waals surface area contributed by atoms with E-state index in [2.05, 4.69) is 9.72 Å². The molecule has 0 aliphatic heterocycles. The van der Waals surface area contributed by atoms with Gasteiger partial charge in [-0.15, -0.1) is 0 Å². The zero-order valence-electron chi connectivity index (χ0n) is 8.61. The summed E-state index contributed by atoms with van der Waals surface area (Å²) in [5.74, 6) is -0.538. The predicted molar refractivity (Wildman–Crippen MR) is 56.3 cm³/mol. The third-order valence-electron chi connectivity index (χ3n) is 2.08. The fourth-order valence-corrected chi connectivity index (χ4v) is 1.43. The zero-order valence-corrected chi connectivity index (χ0v) is 8.61. The van der Waals surface area contributed by atoms with Gasteiger partial charge < -0.3 is 4.74 Å². The molecule has 0 amide bonds. The van der Waals surface area contributed by atoms with E-state index < -0.39 is 12.4 Å². The average molecular weight is 239 g/mol. The molecule has 0 saturated carbocycles. The number of ether oxygens (including phenoxy) is 1.